The molecule has 8 nitrogen and oxygen atoms in total. The Kier molecular flexibility index (Phi) is 5.77. The molecule has 2 amide bonds. The normalized spacial score (nSPS) is 14.1. The summed E-state index contributed by atoms with van der Waals surface area (Å²) in [5.74, 6) is -0.283. The fourth-order valence-electron chi connectivity index (χ4n) is 3.29. The summed E-state index contributed by atoms with van der Waals surface area (Å²) in [6, 6.07) is 7.47. The van der Waals surface area contributed by atoms with Gasteiger partial charge in [0.15, 0.2) is 0 Å². The van der Waals surface area contributed by atoms with Gasteiger partial charge in [-0.25, -0.2) is 9.59 Å². The third-order valence-corrected chi connectivity index (χ3v) is 4.73. The van der Waals surface area contributed by atoms with Gasteiger partial charge in [0.2, 0.25) is 0 Å². The molecule has 0 bridgehead atoms. The van der Waals surface area contributed by atoms with Gasteiger partial charge in [-0.3, -0.25) is 4.79 Å². The lowest BCUT2D eigenvalue weighted by molar-refractivity contribution is 0.0565. The van der Waals surface area contributed by atoms with Crippen molar-refractivity contribution < 1.29 is 14.3 Å². The Morgan fingerprint density at radius 3 is 2.43 bits per heavy atom. The Morgan fingerprint density at radius 1 is 1.11 bits per heavy atom. The van der Waals surface area contributed by atoms with E-state index in [1.807, 2.05) is 32.0 Å². The predicted molar refractivity (Wildman–Crippen MR) is 104 cm³/mol. The lowest BCUT2D eigenvalue weighted by Gasteiger charge is -2.33. The van der Waals surface area contributed by atoms with Crippen LogP contribution >= 0.6 is 0 Å². The van der Waals surface area contributed by atoms with E-state index in [-0.39, 0.29) is 17.7 Å². The predicted octanol–water partition coefficient (Wildman–Crippen LogP) is 1.97. The standard InChI is InChI=1S/C20H24N4O4/c1-4-28-20(27)24-9-7-23(8-10-24)18(25)17-12-16(21-19(26)22-17)15-6-5-13(2)11-14(15)3/h5-6,11-12H,4,7-10H2,1-3H3,(H,21,22,26). The summed E-state index contributed by atoms with van der Waals surface area (Å²) in [5, 5.41) is 0. The van der Waals surface area contributed by atoms with Gasteiger partial charge in [-0.2, -0.15) is 4.98 Å². The summed E-state index contributed by atoms with van der Waals surface area (Å²) in [4.78, 5) is 46.5. The number of hydrogen-bond donors (Lipinski definition) is 1. The van der Waals surface area contributed by atoms with Gasteiger partial charge < -0.3 is 19.5 Å². The molecule has 1 aliphatic rings. The summed E-state index contributed by atoms with van der Waals surface area (Å²) in [5.41, 5.74) is 3.01. The fourth-order valence-corrected chi connectivity index (χ4v) is 3.29. The molecule has 0 saturated carbocycles. The minimum atomic E-state index is -0.564. The summed E-state index contributed by atoms with van der Waals surface area (Å²) in [6.45, 7) is 7.55. The highest BCUT2D eigenvalue weighted by Crippen LogP contribution is 2.22. The minimum absolute atomic E-state index is 0.194. The average Bonchev–Trinajstić information content (AvgIpc) is 2.67. The van der Waals surface area contributed by atoms with Gasteiger partial charge in [0.25, 0.3) is 5.91 Å². The highest BCUT2D eigenvalue weighted by atomic mass is 16.6. The van der Waals surface area contributed by atoms with Crippen LogP contribution < -0.4 is 5.69 Å². The van der Waals surface area contributed by atoms with Crippen molar-refractivity contribution in [3.05, 3.63) is 51.6 Å². The molecule has 3 rings (SSSR count). The zero-order valence-electron chi connectivity index (χ0n) is 16.3. The fraction of sp³-hybridized carbons (Fsp3) is 0.400. The molecule has 1 aromatic heterocycles. The van der Waals surface area contributed by atoms with Crippen LogP contribution in [0.2, 0.25) is 0 Å². The third kappa shape index (κ3) is 4.21. The largest absolute Gasteiger partial charge is 0.450 e. The van der Waals surface area contributed by atoms with Gasteiger partial charge >= 0.3 is 11.8 Å². The molecule has 0 aliphatic carbocycles. The molecule has 2 aromatic rings. The number of carbonyl (C=O) groups excluding carboxylic acids is 2. The van der Waals surface area contributed by atoms with Crippen molar-refractivity contribution in [2.45, 2.75) is 20.8 Å². The van der Waals surface area contributed by atoms with E-state index < -0.39 is 5.69 Å². The third-order valence-electron chi connectivity index (χ3n) is 4.73. The number of amides is 2. The first-order chi connectivity index (χ1) is 13.4. The number of hydrogen-bond acceptors (Lipinski definition) is 5. The van der Waals surface area contributed by atoms with Gasteiger partial charge in [-0.1, -0.05) is 23.8 Å². The van der Waals surface area contributed by atoms with E-state index in [0.29, 0.717) is 38.5 Å². The first-order valence-electron chi connectivity index (χ1n) is 9.29. The van der Waals surface area contributed by atoms with Crippen molar-refractivity contribution in [3.8, 4) is 11.3 Å². The van der Waals surface area contributed by atoms with Crippen LogP contribution in [0.25, 0.3) is 11.3 Å². The van der Waals surface area contributed by atoms with Gasteiger partial charge in [-0.15, -0.1) is 0 Å². The monoisotopic (exact) mass is 384 g/mol. The second-order valence-corrected chi connectivity index (χ2v) is 6.78. The van der Waals surface area contributed by atoms with Crippen LogP contribution in [0.15, 0.2) is 29.1 Å². The van der Waals surface area contributed by atoms with Crippen LogP contribution in [-0.2, 0) is 4.74 Å². The van der Waals surface area contributed by atoms with Crippen molar-refractivity contribution in [1.29, 1.82) is 0 Å². The first kappa shape index (κ1) is 19.6. The van der Waals surface area contributed by atoms with Crippen molar-refractivity contribution in [2.75, 3.05) is 32.8 Å². The molecule has 28 heavy (non-hydrogen) atoms. The van der Waals surface area contributed by atoms with E-state index in [1.165, 1.54) is 0 Å². The maximum Gasteiger partial charge on any atom is 0.409 e. The van der Waals surface area contributed by atoms with E-state index in [4.69, 9.17) is 4.74 Å². The molecule has 1 N–H and O–H groups in total. The Morgan fingerprint density at radius 2 is 1.79 bits per heavy atom. The van der Waals surface area contributed by atoms with Gasteiger partial charge in [-0.05, 0) is 32.4 Å². The summed E-state index contributed by atoms with van der Waals surface area (Å²) in [7, 11) is 0. The number of ether oxygens (including phenoxy) is 1. The number of aromatic nitrogens is 2. The number of nitrogens with one attached hydrogen (secondary N) is 1. The number of aryl methyl sites for hydroxylation is 2. The van der Waals surface area contributed by atoms with Crippen LogP contribution in [0, 0.1) is 13.8 Å². The van der Waals surface area contributed by atoms with Crippen LogP contribution in [0.1, 0.15) is 28.5 Å². The van der Waals surface area contributed by atoms with E-state index in [0.717, 1.165) is 16.7 Å². The summed E-state index contributed by atoms with van der Waals surface area (Å²) in [6.07, 6.45) is -0.371. The quantitative estimate of drug-likeness (QED) is 0.873. The average molecular weight is 384 g/mol. The topological polar surface area (TPSA) is 95.6 Å². The summed E-state index contributed by atoms with van der Waals surface area (Å²) < 4.78 is 4.99. The zero-order chi connectivity index (χ0) is 20.3. The van der Waals surface area contributed by atoms with E-state index in [9.17, 15) is 14.4 Å². The molecular weight excluding hydrogens is 360 g/mol. The lowest BCUT2D eigenvalue weighted by Crippen LogP contribution is -2.51. The van der Waals surface area contributed by atoms with Crippen LogP contribution in [0.4, 0.5) is 4.79 Å². The van der Waals surface area contributed by atoms with Crippen LogP contribution in [0.3, 0.4) is 0 Å². The van der Waals surface area contributed by atoms with E-state index in [2.05, 4.69) is 9.97 Å². The second kappa shape index (κ2) is 8.24. The number of nitrogens with zero attached hydrogens (tertiary/aromatic N) is 3. The van der Waals surface area contributed by atoms with Crippen molar-refractivity contribution in [3.63, 3.8) is 0 Å². The van der Waals surface area contributed by atoms with Gasteiger partial charge in [0, 0.05) is 31.7 Å². The smallest absolute Gasteiger partial charge is 0.409 e. The Labute approximate surface area is 163 Å². The molecule has 8 heteroatoms. The van der Waals surface area contributed by atoms with Gasteiger partial charge in [0.05, 0.1) is 12.3 Å². The van der Waals surface area contributed by atoms with E-state index in [1.54, 1.807) is 22.8 Å². The molecule has 0 radical (unpaired) electrons. The molecule has 2 heterocycles. The molecular formula is C20H24N4O4. The summed E-state index contributed by atoms with van der Waals surface area (Å²) >= 11 is 0. The number of aromatic amines is 1. The molecule has 0 spiro atoms. The number of piperazine rings is 1. The Bertz CT molecular complexity index is 945. The molecule has 0 unspecified atom stereocenters. The van der Waals surface area contributed by atoms with Crippen LogP contribution in [0.5, 0.6) is 0 Å². The van der Waals surface area contributed by atoms with Crippen molar-refractivity contribution >= 4 is 12.0 Å². The Balaban J connectivity index is 1.79. The molecule has 1 saturated heterocycles. The number of rotatable bonds is 3. The van der Waals surface area contributed by atoms with Gasteiger partial charge in [0.1, 0.15) is 5.69 Å². The van der Waals surface area contributed by atoms with Crippen molar-refractivity contribution in [1.82, 2.24) is 19.8 Å². The highest BCUT2D eigenvalue weighted by molar-refractivity contribution is 5.93. The molecule has 148 valence electrons. The van der Waals surface area contributed by atoms with Crippen molar-refractivity contribution in [2.24, 2.45) is 0 Å². The van der Waals surface area contributed by atoms with E-state index >= 15 is 0 Å². The molecule has 1 aromatic carbocycles. The maximum absolute atomic E-state index is 12.9. The number of H-pyrrole nitrogens is 1. The SMILES string of the molecule is CCOC(=O)N1CCN(C(=O)c2cc(-c3ccc(C)cc3C)nc(=O)[nH]2)CC1. The first-order valence-corrected chi connectivity index (χ1v) is 9.29. The zero-order valence-corrected chi connectivity index (χ0v) is 16.3. The molecule has 0 atom stereocenters. The highest BCUT2D eigenvalue weighted by Gasteiger charge is 2.26. The molecule has 1 aliphatic heterocycles. The number of benzene rings is 1. The van der Waals surface area contributed by atoms with Crippen LogP contribution in [-0.4, -0.2) is 64.6 Å². The maximum atomic E-state index is 12.9. The number of carbonyl (C=O) groups is 2. The molecule has 1 fully saturated rings. The second-order valence-electron chi connectivity index (χ2n) is 6.78. The minimum Gasteiger partial charge on any atom is -0.450 e. The lowest BCUT2D eigenvalue weighted by atomic mass is 10.0. The Hall–Kier alpha value is -3.16.